The molecule has 1 atom stereocenters. The lowest BCUT2D eigenvalue weighted by Gasteiger charge is -2.33. The van der Waals surface area contributed by atoms with E-state index in [4.69, 9.17) is 14.2 Å². The van der Waals surface area contributed by atoms with E-state index in [1.54, 1.807) is 25.3 Å². The molecule has 3 aromatic carbocycles. The highest BCUT2D eigenvalue weighted by Gasteiger charge is 2.32. The molecule has 3 aromatic rings. The largest absolute Gasteiger partial charge is 0.507 e. The number of hydrogen-bond donors (Lipinski definition) is 1. The highest BCUT2D eigenvalue weighted by Crippen LogP contribution is 2.40. The first-order valence-corrected chi connectivity index (χ1v) is 10.9. The zero-order valence-electron chi connectivity index (χ0n) is 18.4. The van der Waals surface area contributed by atoms with Gasteiger partial charge in [-0.1, -0.05) is 42.5 Å². The number of methoxy groups -OCH3 is 1. The first kappa shape index (κ1) is 21.2. The number of phenolic OH excluding ortho intramolecular Hbond substituents is 1. The average molecular weight is 443 g/mol. The minimum absolute atomic E-state index is 0.0352. The molecule has 1 fully saturated rings. The van der Waals surface area contributed by atoms with E-state index in [1.807, 2.05) is 42.5 Å². The number of phenols is 1. The molecule has 0 bridgehead atoms. The molecule has 1 unspecified atom stereocenters. The third-order valence-electron chi connectivity index (χ3n) is 6.03. The van der Waals surface area contributed by atoms with E-state index < -0.39 is 0 Å². The van der Waals surface area contributed by atoms with Crippen LogP contribution in [0.25, 0.3) is 6.08 Å². The molecule has 0 saturated carbocycles. The van der Waals surface area contributed by atoms with Crippen LogP contribution in [-0.2, 0) is 11.3 Å². The van der Waals surface area contributed by atoms with Gasteiger partial charge in [-0.15, -0.1) is 0 Å². The van der Waals surface area contributed by atoms with E-state index in [0.717, 1.165) is 23.4 Å². The van der Waals surface area contributed by atoms with E-state index in [2.05, 4.69) is 17.0 Å². The zero-order chi connectivity index (χ0) is 22.8. The van der Waals surface area contributed by atoms with Gasteiger partial charge in [-0.2, -0.15) is 0 Å². The quantitative estimate of drug-likeness (QED) is 0.582. The number of carbonyl (C=O) groups is 1. The molecule has 0 aliphatic carbocycles. The Labute approximate surface area is 192 Å². The van der Waals surface area contributed by atoms with Crippen molar-refractivity contribution in [2.75, 3.05) is 26.8 Å². The highest BCUT2D eigenvalue weighted by molar-refractivity contribution is 6.15. The topological polar surface area (TPSA) is 68.2 Å². The van der Waals surface area contributed by atoms with E-state index in [1.165, 1.54) is 0 Å². The summed E-state index contributed by atoms with van der Waals surface area (Å²) >= 11 is 0. The second-order valence-corrected chi connectivity index (χ2v) is 8.16. The number of benzene rings is 3. The molecule has 6 heteroatoms. The molecule has 2 heterocycles. The van der Waals surface area contributed by atoms with Crippen molar-refractivity contribution >= 4 is 11.9 Å². The molecule has 33 heavy (non-hydrogen) atoms. The molecular formula is C27H25NO5. The van der Waals surface area contributed by atoms with Gasteiger partial charge in [0.2, 0.25) is 5.78 Å². The number of ketones is 1. The summed E-state index contributed by atoms with van der Waals surface area (Å²) in [6.45, 7) is 2.48. The monoisotopic (exact) mass is 443 g/mol. The van der Waals surface area contributed by atoms with E-state index in [0.29, 0.717) is 36.6 Å². The van der Waals surface area contributed by atoms with Crippen LogP contribution in [0, 0.1) is 0 Å². The number of Topliss-reactive ketones (excluding diaryl/α,β-unsaturated/α-hetero) is 1. The summed E-state index contributed by atoms with van der Waals surface area (Å²) in [5.41, 5.74) is 3.04. The number of nitrogens with zero attached hydrogens (tertiary/aromatic N) is 1. The van der Waals surface area contributed by atoms with Crippen molar-refractivity contribution in [3.05, 3.63) is 94.7 Å². The second-order valence-electron chi connectivity index (χ2n) is 8.16. The Kier molecular flexibility index (Phi) is 5.86. The van der Waals surface area contributed by atoms with Crippen LogP contribution < -0.4 is 9.47 Å². The smallest absolute Gasteiger partial charge is 0.231 e. The third kappa shape index (κ3) is 4.35. The number of aromatic hydroxyl groups is 1. The lowest BCUT2D eigenvalue weighted by Crippen LogP contribution is -2.37. The Hall–Kier alpha value is -3.61. The first-order valence-electron chi connectivity index (χ1n) is 10.9. The number of carbonyl (C=O) groups excluding carboxylic acids is 1. The first-order chi connectivity index (χ1) is 16.1. The minimum Gasteiger partial charge on any atom is -0.507 e. The summed E-state index contributed by atoms with van der Waals surface area (Å²) in [6, 6.07) is 20.7. The highest BCUT2D eigenvalue weighted by atomic mass is 16.5. The molecule has 168 valence electrons. The van der Waals surface area contributed by atoms with Gasteiger partial charge in [-0.25, -0.2) is 0 Å². The van der Waals surface area contributed by atoms with Crippen LogP contribution in [0.5, 0.6) is 17.2 Å². The van der Waals surface area contributed by atoms with Crippen molar-refractivity contribution in [3.8, 4) is 17.2 Å². The standard InChI is InChI=1S/C27H25NO5/c1-31-20-9-7-18(8-10-20)15-24-26(30)21-11-12-23(29)22(27(21)33-24)16-28-13-14-32-25(17-28)19-5-3-2-4-6-19/h2-12,15,25,29H,13-14,16-17H2,1H3/b24-15-. The summed E-state index contributed by atoms with van der Waals surface area (Å²) in [6.07, 6.45) is 1.68. The zero-order valence-corrected chi connectivity index (χ0v) is 18.4. The van der Waals surface area contributed by atoms with Gasteiger partial charge in [0.25, 0.3) is 0 Å². The molecule has 2 aliphatic heterocycles. The summed E-state index contributed by atoms with van der Waals surface area (Å²) < 4.78 is 17.2. The SMILES string of the molecule is COc1ccc(/C=C2\Oc3c(ccc(O)c3CN3CCOC(c4ccccc4)C3)C2=O)cc1. The van der Waals surface area contributed by atoms with Gasteiger partial charge >= 0.3 is 0 Å². The minimum atomic E-state index is -0.189. The van der Waals surface area contributed by atoms with Gasteiger partial charge in [-0.3, -0.25) is 9.69 Å². The van der Waals surface area contributed by atoms with Crippen molar-refractivity contribution in [1.82, 2.24) is 4.90 Å². The Balaban J connectivity index is 1.38. The summed E-state index contributed by atoms with van der Waals surface area (Å²) in [7, 11) is 1.61. The van der Waals surface area contributed by atoms with Crippen LogP contribution >= 0.6 is 0 Å². The molecule has 0 radical (unpaired) electrons. The third-order valence-corrected chi connectivity index (χ3v) is 6.03. The fraction of sp³-hybridized carbons (Fsp3) is 0.222. The van der Waals surface area contributed by atoms with Gasteiger partial charge in [0.15, 0.2) is 5.76 Å². The number of rotatable bonds is 5. The molecule has 0 spiro atoms. The summed E-state index contributed by atoms with van der Waals surface area (Å²) in [4.78, 5) is 15.2. The molecule has 0 amide bonds. The van der Waals surface area contributed by atoms with Crippen LogP contribution in [0.3, 0.4) is 0 Å². The normalized spacial score (nSPS) is 19.4. The lowest BCUT2D eigenvalue weighted by atomic mass is 10.0. The molecule has 1 N–H and O–H groups in total. The predicted molar refractivity (Wildman–Crippen MR) is 124 cm³/mol. The lowest BCUT2D eigenvalue weighted by molar-refractivity contribution is -0.0332. The van der Waals surface area contributed by atoms with Crippen LogP contribution in [0.1, 0.15) is 33.2 Å². The fourth-order valence-electron chi connectivity index (χ4n) is 4.24. The van der Waals surface area contributed by atoms with Gasteiger partial charge in [0.05, 0.1) is 30.9 Å². The van der Waals surface area contributed by atoms with E-state index in [-0.39, 0.29) is 23.4 Å². The van der Waals surface area contributed by atoms with Gasteiger partial charge in [0, 0.05) is 19.6 Å². The Morgan fingerprint density at radius 2 is 1.88 bits per heavy atom. The van der Waals surface area contributed by atoms with Crippen molar-refractivity contribution in [2.45, 2.75) is 12.6 Å². The Morgan fingerprint density at radius 3 is 2.64 bits per heavy atom. The van der Waals surface area contributed by atoms with Crippen molar-refractivity contribution in [2.24, 2.45) is 0 Å². The fourth-order valence-corrected chi connectivity index (χ4v) is 4.24. The summed E-state index contributed by atoms with van der Waals surface area (Å²) in [5.74, 6) is 1.35. The Morgan fingerprint density at radius 1 is 1.09 bits per heavy atom. The predicted octanol–water partition coefficient (Wildman–Crippen LogP) is 4.59. The van der Waals surface area contributed by atoms with Gasteiger partial charge in [0.1, 0.15) is 17.2 Å². The summed E-state index contributed by atoms with van der Waals surface area (Å²) in [5, 5.41) is 10.6. The van der Waals surface area contributed by atoms with Crippen molar-refractivity contribution in [3.63, 3.8) is 0 Å². The van der Waals surface area contributed by atoms with Crippen LogP contribution in [-0.4, -0.2) is 42.6 Å². The van der Waals surface area contributed by atoms with E-state index >= 15 is 0 Å². The molecule has 6 nitrogen and oxygen atoms in total. The number of hydrogen-bond acceptors (Lipinski definition) is 6. The number of ether oxygens (including phenoxy) is 3. The second kappa shape index (κ2) is 9.10. The van der Waals surface area contributed by atoms with E-state index in [9.17, 15) is 9.90 Å². The van der Waals surface area contributed by atoms with Crippen LogP contribution in [0.15, 0.2) is 72.5 Å². The number of morpholine rings is 1. The van der Waals surface area contributed by atoms with Crippen molar-refractivity contribution < 1.29 is 24.1 Å². The van der Waals surface area contributed by atoms with Crippen molar-refractivity contribution in [1.29, 1.82) is 0 Å². The molecule has 1 saturated heterocycles. The molecular weight excluding hydrogens is 418 g/mol. The average Bonchev–Trinajstić information content (AvgIpc) is 3.17. The van der Waals surface area contributed by atoms with Crippen LogP contribution in [0.4, 0.5) is 0 Å². The maximum absolute atomic E-state index is 13.0. The Bertz CT molecular complexity index is 1190. The maximum atomic E-state index is 13.0. The van der Waals surface area contributed by atoms with Crippen LogP contribution in [0.2, 0.25) is 0 Å². The van der Waals surface area contributed by atoms with Gasteiger partial charge in [-0.05, 0) is 41.5 Å². The molecule has 2 aliphatic rings. The number of fused-ring (bicyclic) bond motifs is 1. The maximum Gasteiger partial charge on any atom is 0.231 e. The molecule has 5 rings (SSSR count). The van der Waals surface area contributed by atoms with Gasteiger partial charge < -0.3 is 19.3 Å². The number of allylic oxidation sites excluding steroid dienone is 1. The molecule has 0 aromatic heterocycles.